The second kappa shape index (κ2) is 37.9. The normalized spacial score (nSPS) is 10.7. The molecular weight excluding hydrogens is 1530 g/mol. The second-order valence-corrected chi connectivity index (χ2v) is 28.0. The lowest BCUT2D eigenvalue weighted by Gasteiger charge is -2.13. The number of hydrogen-bond acceptors (Lipinski definition) is 26. The number of benzene rings is 12. The first-order chi connectivity index (χ1) is 58.1. The molecule has 0 unspecified atom stereocenters. The molecule has 0 radical (unpaired) electrons. The third-order valence-electron chi connectivity index (χ3n) is 18.6. The monoisotopic (exact) mass is 1620 g/mol. The first kappa shape index (κ1) is 84.6. The predicted molar refractivity (Wildman–Crippen MR) is 461 cm³/mol. The topological polar surface area (TPSA) is 427 Å². The van der Waals surface area contributed by atoms with Gasteiger partial charge in [0.1, 0.15) is 69.0 Å². The van der Waals surface area contributed by atoms with Gasteiger partial charge < -0.3 is 71.1 Å². The number of aliphatic hydroxyl groups is 2. The van der Waals surface area contributed by atoms with E-state index in [2.05, 4.69) is 64.1 Å². The standard InChI is InChI=1S/C26H25N3O3.C25H23N3O2.C21H15N3O6.C21H15N3O2.C2H6O/c1-15-5-8-20(17(3)11-15)24-27-25(21-9-6-16(2)12-18(21)4)29-26(28-24)22-10-7-19(32-14-30)13-23(22)31;1-14-5-8-19(16(3)11-14)23-26-24(20-9-6-15(2)12-17(20)4)28-25(27-23)21-10-7-18(29)13-22(21)30;25-10-1-4-13(16(28)7-10)19-22-20(14-5-2-11(26)8-17(14)29)24-21(23-19)15-6-3-12(27)9-18(15)30;25-16-11-12-17(18(26)13-16)21-23-19(14-7-3-1-4-8-14)22-20(24-21)15-9-5-2-6-10-15;1-2-3/h5-13,30-31H,14H2,1-4H3;5-13,29-30H,1-4H3;1-9,25-30H;1-13,25-26H;3H,2H2,1H3. The minimum atomic E-state index is -0.474. The molecule has 121 heavy (non-hydrogen) atoms. The Labute approximate surface area is 695 Å². The fraction of sp³-hybridized carbons (Fsp3) is 0.116. The summed E-state index contributed by atoms with van der Waals surface area (Å²) in [5.41, 5.74) is 16.1. The van der Waals surface area contributed by atoms with Crippen LogP contribution in [0.1, 0.15) is 51.4 Å². The average Bonchev–Trinajstić information content (AvgIpc) is 0.786. The molecule has 4 aromatic heterocycles. The van der Waals surface area contributed by atoms with E-state index in [0.29, 0.717) is 74.9 Å². The van der Waals surface area contributed by atoms with Crippen LogP contribution in [-0.2, 0) is 0 Å². The van der Waals surface area contributed by atoms with Gasteiger partial charge in [-0.15, -0.1) is 0 Å². The number of ether oxygens (including phenoxy) is 1. The van der Waals surface area contributed by atoms with Crippen molar-refractivity contribution in [2.45, 2.75) is 62.3 Å². The summed E-state index contributed by atoms with van der Waals surface area (Å²) < 4.78 is 5.06. The summed E-state index contributed by atoms with van der Waals surface area (Å²) in [4.78, 5) is 54.8. The van der Waals surface area contributed by atoms with Gasteiger partial charge in [0, 0.05) is 76.4 Å². The molecule has 0 aliphatic rings. The Bertz CT molecular complexity index is 5800. The van der Waals surface area contributed by atoms with Gasteiger partial charge in [-0.1, -0.05) is 156 Å². The van der Waals surface area contributed by atoms with E-state index in [1.807, 2.05) is 165 Å². The van der Waals surface area contributed by atoms with Gasteiger partial charge in [-0.2, -0.15) is 0 Å². The highest BCUT2D eigenvalue weighted by Gasteiger charge is 2.24. The van der Waals surface area contributed by atoms with Crippen molar-refractivity contribution in [3.8, 4) is 206 Å². The number of aromatic nitrogens is 12. The highest BCUT2D eigenvalue weighted by atomic mass is 16.6. The number of aliphatic hydroxyl groups excluding tert-OH is 2. The van der Waals surface area contributed by atoms with Crippen LogP contribution in [0.3, 0.4) is 0 Å². The van der Waals surface area contributed by atoms with Crippen LogP contribution in [0.15, 0.2) is 243 Å². The molecular formula is C95H84N12O14. The molecule has 26 heteroatoms. The van der Waals surface area contributed by atoms with E-state index in [-0.39, 0.29) is 104 Å². The highest BCUT2D eigenvalue weighted by Crippen LogP contribution is 2.41. The zero-order chi connectivity index (χ0) is 86.3. The van der Waals surface area contributed by atoms with E-state index in [4.69, 9.17) is 34.9 Å². The molecule has 0 spiro atoms. The summed E-state index contributed by atoms with van der Waals surface area (Å²) in [5.74, 6) is 3.04. The number of aromatic hydroxyl groups is 11. The molecule has 13 N–H and O–H groups in total. The van der Waals surface area contributed by atoms with E-state index in [1.165, 1.54) is 66.7 Å². The van der Waals surface area contributed by atoms with Crippen LogP contribution in [-0.4, -0.2) is 140 Å². The van der Waals surface area contributed by atoms with Crippen molar-refractivity contribution in [2.75, 3.05) is 13.4 Å². The zero-order valence-electron chi connectivity index (χ0n) is 67.1. The molecule has 26 nitrogen and oxygen atoms in total. The van der Waals surface area contributed by atoms with Crippen LogP contribution < -0.4 is 4.74 Å². The largest absolute Gasteiger partial charge is 0.508 e. The maximum absolute atomic E-state index is 10.6. The summed E-state index contributed by atoms with van der Waals surface area (Å²) in [6.07, 6.45) is 0. The molecule has 0 atom stereocenters. The van der Waals surface area contributed by atoms with Crippen LogP contribution in [0.2, 0.25) is 0 Å². The number of hydrogen-bond donors (Lipinski definition) is 13. The van der Waals surface area contributed by atoms with Crippen LogP contribution in [0.25, 0.3) is 137 Å². The van der Waals surface area contributed by atoms with Gasteiger partial charge in [0.15, 0.2) is 76.7 Å². The highest BCUT2D eigenvalue weighted by molar-refractivity contribution is 5.78. The molecule has 0 fully saturated rings. The number of nitrogens with zero attached hydrogens (tertiary/aromatic N) is 12. The Balaban J connectivity index is 0.000000146. The third kappa shape index (κ3) is 20.7. The fourth-order valence-corrected chi connectivity index (χ4v) is 12.8. The van der Waals surface area contributed by atoms with E-state index in [9.17, 15) is 56.2 Å². The summed E-state index contributed by atoms with van der Waals surface area (Å²) in [5, 5.41) is 126. The molecule has 0 aliphatic heterocycles. The molecule has 4 heterocycles. The minimum Gasteiger partial charge on any atom is -0.508 e. The molecule has 0 amide bonds. The van der Waals surface area contributed by atoms with Crippen LogP contribution >= 0.6 is 0 Å². The van der Waals surface area contributed by atoms with Gasteiger partial charge >= 0.3 is 0 Å². The number of phenols is 11. The van der Waals surface area contributed by atoms with Gasteiger partial charge in [0.05, 0.1) is 33.4 Å². The van der Waals surface area contributed by atoms with Crippen molar-refractivity contribution >= 4 is 0 Å². The first-order valence-corrected chi connectivity index (χ1v) is 37.9. The molecule has 0 saturated carbocycles. The summed E-state index contributed by atoms with van der Waals surface area (Å²) >= 11 is 0. The molecule has 16 rings (SSSR count). The minimum absolute atomic E-state index is 0.00690. The van der Waals surface area contributed by atoms with Crippen LogP contribution in [0, 0.1) is 55.4 Å². The van der Waals surface area contributed by atoms with Crippen molar-refractivity contribution < 1.29 is 71.1 Å². The smallest absolute Gasteiger partial charge is 0.186 e. The molecule has 0 bridgehead atoms. The Morgan fingerprint density at radius 3 is 0.612 bits per heavy atom. The molecule has 608 valence electrons. The number of aryl methyl sites for hydroxylation is 8. The first-order valence-electron chi connectivity index (χ1n) is 37.9. The fourth-order valence-electron chi connectivity index (χ4n) is 12.8. The van der Waals surface area contributed by atoms with Gasteiger partial charge in [-0.25, -0.2) is 59.8 Å². The van der Waals surface area contributed by atoms with Gasteiger partial charge in [0.2, 0.25) is 0 Å². The lowest BCUT2D eigenvalue weighted by atomic mass is 10.0. The molecule has 12 aromatic carbocycles. The number of phenolic OH excluding ortho intramolecular Hbond substituents is 11. The zero-order valence-corrected chi connectivity index (χ0v) is 67.1. The Morgan fingerprint density at radius 1 is 0.215 bits per heavy atom. The summed E-state index contributed by atoms with van der Waals surface area (Å²) in [6.45, 7) is 17.8. The average molecular weight is 1620 g/mol. The number of rotatable bonds is 14. The lowest BCUT2D eigenvalue weighted by Crippen LogP contribution is -2.02. The van der Waals surface area contributed by atoms with E-state index in [1.54, 1.807) is 31.2 Å². The Kier molecular flexibility index (Phi) is 26.5. The van der Waals surface area contributed by atoms with Crippen LogP contribution in [0.4, 0.5) is 0 Å². The maximum atomic E-state index is 10.6. The van der Waals surface area contributed by atoms with Crippen molar-refractivity contribution in [2.24, 2.45) is 0 Å². The second-order valence-electron chi connectivity index (χ2n) is 28.0. The maximum Gasteiger partial charge on any atom is 0.186 e. The van der Waals surface area contributed by atoms with Crippen LogP contribution in [0.5, 0.6) is 69.0 Å². The molecule has 0 saturated heterocycles. The van der Waals surface area contributed by atoms with E-state index >= 15 is 0 Å². The Morgan fingerprint density at radius 2 is 0.405 bits per heavy atom. The quantitative estimate of drug-likeness (QED) is 0.0450. The third-order valence-corrected chi connectivity index (χ3v) is 18.6. The lowest BCUT2D eigenvalue weighted by molar-refractivity contribution is 0.0983. The Hall–Kier alpha value is -15.8. The molecule has 16 aromatic rings. The SMILES string of the molecule is CCO.Cc1ccc(-c2nc(-c3ccc(C)cc3C)nc(-c3ccc(O)cc3O)n2)c(C)c1.Cc1ccc(-c2nc(-c3ccc(C)cc3C)nc(-c3ccc(OCO)cc3O)n2)c(C)c1.Oc1ccc(-c2nc(-c3ccc(O)cc3O)nc(-c3ccc(O)cc3O)n2)c(O)c1.Oc1ccc(-c2nc(-c3ccccc3)nc(-c3ccccc3)n2)c(O)c1. The molecule has 0 aliphatic carbocycles. The van der Waals surface area contributed by atoms with E-state index < -0.39 is 6.79 Å². The van der Waals surface area contributed by atoms with Crippen molar-refractivity contribution in [3.05, 3.63) is 287 Å². The summed E-state index contributed by atoms with van der Waals surface area (Å²) in [7, 11) is 0. The van der Waals surface area contributed by atoms with Gasteiger partial charge in [-0.3, -0.25) is 0 Å². The van der Waals surface area contributed by atoms with Crippen molar-refractivity contribution in [3.63, 3.8) is 0 Å². The van der Waals surface area contributed by atoms with E-state index in [0.717, 1.165) is 96.1 Å². The van der Waals surface area contributed by atoms with Gasteiger partial charge in [0.25, 0.3) is 0 Å². The van der Waals surface area contributed by atoms with Gasteiger partial charge in [-0.05, 0) is 157 Å². The van der Waals surface area contributed by atoms with Crippen molar-refractivity contribution in [1.29, 1.82) is 0 Å². The van der Waals surface area contributed by atoms with Crippen molar-refractivity contribution in [1.82, 2.24) is 59.8 Å². The predicted octanol–water partition coefficient (Wildman–Crippen LogP) is 18.0. The summed E-state index contributed by atoms with van der Waals surface area (Å²) in [6, 6.07) is 68.8.